The average Bonchev–Trinajstić information content (AvgIpc) is 3.17. The molecule has 2 amide bonds. The van der Waals surface area contributed by atoms with Crippen molar-refractivity contribution in [3.8, 4) is 0 Å². The van der Waals surface area contributed by atoms with E-state index in [4.69, 9.17) is 4.52 Å². The summed E-state index contributed by atoms with van der Waals surface area (Å²) in [7, 11) is 0. The summed E-state index contributed by atoms with van der Waals surface area (Å²) in [5.74, 6) is -0.0511. The standard InChI is InChI=1S/C19H25N3O3S/c1-13-7-8-16(26-13)10-18(23)20-15-6-4-3-5-9-22(11-15)19(24)17-12-25-21-14(17)2/h7-8,12,15H,3-6,9-11H2,1-2H3,(H,20,23). The van der Waals surface area contributed by atoms with E-state index < -0.39 is 0 Å². The van der Waals surface area contributed by atoms with Crippen LogP contribution in [0.1, 0.15) is 51.5 Å². The molecule has 0 bridgehead atoms. The Morgan fingerprint density at radius 1 is 1.31 bits per heavy atom. The van der Waals surface area contributed by atoms with Crippen molar-refractivity contribution >= 4 is 23.2 Å². The van der Waals surface area contributed by atoms with Crippen LogP contribution in [0.4, 0.5) is 0 Å². The Morgan fingerprint density at radius 3 is 2.85 bits per heavy atom. The topological polar surface area (TPSA) is 75.4 Å². The molecule has 1 unspecified atom stereocenters. The number of amides is 2. The predicted molar refractivity (Wildman–Crippen MR) is 100 cm³/mol. The van der Waals surface area contributed by atoms with Gasteiger partial charge in [0.05, 0.1) is 12.1 Å². The SMILES string of the molecule is Cc1ccc(CC(=O)NC2CCCCCN(C(=O)c3conc3C)C2)s1. The normalized spacial score (nSPS) is 18.2. The van der Waals surface area contributed by atoms with Gasteiger partial charge in [-0.15, -0.1) is 11.3 Å². The van der Waals surface area contributed by atoms with E-state index >= 15 is 0 Å². The summed E-state index contributed by atoms with van der Waals surface area (Å²) in [6.45, 7) is 5.03. The van der Waals surface area contributed by atoms with Gasteiger partial charge in [0.1, 0.15) is 11.8 Å². The highest BCUT2D eigenvalue weighted by Crippen LogP contribution is 2.18. The van der Waals surface area contributed by atoms with Crippen LogP contribution >= 0.6 is 11.3 Å². The first-order valence-corrected chi connectivity index (χ1v) is 9.89. The summed E-state index contributed by atoms with van der Waals surface area (Å²) in [4.78, 5) is 29.3. The number of rotatable bonds is 4. The summed E-state index contributed by atoms with van der Waals surface area (Å²) in [5, 5.41) is 6.92. The maximum absolute atomic E-state index is 12.8. The summed E-state index contributed by atoms with van der Waals surface area (Å²) in [6, 6.07) is 4.01. The lowest BCUT2D eigenvalue weighted by atomic mass is 10.0. The van der Waals surface area contributed by atoms with Crippen LogP contribution in [-0.4, -0.2) is 41.0 Å². The number of nitrogens with one attached hydrogen (secondary N) is 1. The molecule has 6 nitrogen and oxygen atoms in total. The Balaban J connectivity index is 1.63. The van der Waals surface area contributed by atoms with Crippen LogP contribution in [0.5, 0.6) is 0 Å². The summed E-state index contributed by atoms with van der Waals surface area (Å²) in [6.07, 6.45) is 5.80. The maximum Gasteiger partial charge on any atom is 0.259 e. The number of hydrogen-bond donors (Lipinski definition) is 1. The third kappa shape index (κ3) is 4.72. The van der Waals surface area contributed by atoms with Gasteiger partial charge < -0.3 is 14.7 Å². The van der Waals surface area contributed by atoms with Crippen LogP contribution in [0.25, 0.3) is 0 Å². The van der Waals surface area contributed by atoms with E-state index in [1.165, 1.54) is 11.1 Å². The lowest BCUT2D eigenvalue weighted by Gasteiger charge is -2.30. The number of carbonyl (C=O) groups excluding carboxylic acids is 2. The first-order chi connectivity index (χ1) is 12.5. The molecule has 0 aliphatic carbocycles. The van der Waals surface area contributed by atoms with Crippen LogP contribution in [0.2, 0.25) is 0 Å². The zero-order valence-corrected chi connectivity index (χ0v) is 16.1. The molecule has 0 aromatic carbocycles. The van der Waals surface area contributed by atoms with Crippen LogP contribution in [0, 0.1) is 13.8 Å². The number of thiophene rings is 1. The third-order valence-corrected chi connectivity index (χ3v) is 5.69. The molecule has 0 saturated carbocycles. The number of likely N-dealkylation sites (tertiary alicyclic amines) is 1. The van der Waals surface area contributed by atoms with E-state index in [2.05, 4.69) is 10.5 Å². The van der Waals surface area contributed by atoms with Gasteiger partial charge in [0.15, 0.2) is 0 Å². The lowest BCUT2D eigenvalue weighted by molar-refractivity contribution is -0.121. The molecule has 2 aromatic heterocycles. The van der Waals surface area contributed by atoms with E-state index in [1.807, 2.05) is 24.0 Å². The van der Waals surface area contributed by atoms with Crippen LogP contribution in [0.3, 0.4) is 0 Å². The van der Waals surface area contributed by atoms with Crippen LogP contribution in [-0.2, 0) is 11.2 Å². The second-order valence-electron chi connectivity index (χ2n) is 6.87. The minimum atomic E-state index is -0.0706. The van der Waals surface area contributed by atoms with E-state index in [0.29, 0.717) is 30.8 Å². The van der Waals surface area contributed by atoms with Crippen molar-refractivity contribution in [2.75, 3.05) is 13.1 Å². The molecule has 3 rings (SSSR count). The predicted octanol–water partition coefficient (Wildman–Crippen LogP) is 3.10. The summed E-state index contributed by atoms with van der Waals surface area (Å²) >= 11 is 1.65. The van der Waals surface area contributed by atoms with E-state index in [-0.39, 0.29) is 17.9 Å². The number of aryl methyl sites for hydroxylation is 2. The van der Waals surface area contributed by atoms with Gasteiger partial charge in [0.25, 0.3) is 5.91 Å². The van der Waals surface area contributed by atoms with Crippen LogP contribution in [0.15, 0.2) is 22.9 Å². The Labute approximate surface area is 157 Å². The minimum Gasteiger partial charge on any atom is -0.364 e. The Hall–Kier alpha value is -2.15. The van der Waals surface area contributed by atoms with Gasteiger partial charge in [0.2, 0.25) is 5.91 Å². The fraction of sp³-hybridized carbons (Fsp3) is 0.526. The van der Waals surface area contributed by atoms with Gasteiger partial charge in [-0.3, -0.25) is 9.59 Å². The van der Waals surface area contributed by atoms with Gasteiger partial charge in [-0.25, -0.2) is 0 Å². The van der Waals surface area contributed by atoms with Crippen molar-refractivity contribution < 1.29 is 14.1 Å². The second-order valence-corrected chi connectivity index (χ2v) is 8.24. The van der Waals surface area contributed by atoms with Gasteiger partial charge in [-0.05, 0) is 38.8 Å². The number of aromatic nitrogens is 1. The summed E-state index contributed by atoms with van der Waals surface area (Å²) < 4.78 is 4.91. The number of carbonyl (C=O) groups is 2. The molecule has 0 radical (unpaired) electrons. The number of nitrogens with zero attached hydrogens (tertiary/aromatic N) is 2. The third-order valence-electron chi connectivity index (χ3n) is 4.68. The molecular formula is C19H25N3O3S. The molecule has 1 saturated heterocycles. The monoisotopic (exact) mass is 375 g/mol. The molecule has 1 N–H and O–H groups in total. The molecule has 1 fully saturated rings. The van der Waals surface area contributed by atoms with Gasteiger partial charge in [0, 0.05) is 28.9 Å². The van der Waals surface area contributed by atoms with Crippen molar-refractivity contribution in [2.45, 2.75) is 52.0 Å². The second kappa shape index (κ2) is 8.49. The molecule has 1 atom stereocenters. The quantitative estimate of drug-likeness (QED) is 0.891. The van der Waals surface area contributed by atoms with E-state index in [9.17, 15) is 9.59 Å². The molecular weight excluding hydrogens is 350 g/mol. The highest BCUT2D eigenvalue weighted by molar-refractivity contribution is 7.12. The maximum atomic E-state index is 12.8. The Kier molecular flexibility index (Phi) is 6.08. The molecule has 3 heterocycles. The van der Waals surface area contributed by atoms with E-state index in [0.717, 1.165) is 30.6 Å². The zero-order valence-electron chi connectivity index (χ0n) is 15.3. The molecule has 1 aliphatic rings. The van der Waals surface area contributed by atoms with Crippen molar-refractivity contribution in [3.63, 3.8) is 0 Å². The van der Waals surface area contributed by atoms with Crippen LogP contribution < -0.4 is 5.32 Å². The molecule has 1 aliphatic heterocycles. The fourth-order valence-electron chi connectivity index (χ4n) is 3.31. The van der Waals surface area contributed by atoms with Crippen molar-refractivity contribution in [2.24, 2.45) is 0 Å². The first kappa shape index (κ1) is 18.6. The van der Waals surface area contributed by atoms with Gasteiger partial charge in [-0.2, -0.15) is 0 Å². The number of hydrogen-bond acceptors (Lipinski definition) is 5. The zero-order chi connectivity index (χ0) is 18.5. The minimum absolute atomic E-state index is 0.0194. The molecule has 7 heteroatoms. The molecule has 0 spiro atoms. The summed E-state index contributed by atoms with van der Waals surface area (Å²) in [5.41, 5.74) is 1.11. The average molecular weight is 375 g/mol. The fourth-order valence-corrected chi connectivity index (χ4v) is 4.20. The van der Waals surface area contributed by atoms with Crippen molar-refractivity contribution in [3.05, 3.63) is 39.4 Å². The van der Waals surface area contributed by atoms with Crippen molar-refractivity contribution in [1.29, 1.82) is 0 Å². The molecule has 26 heavy (non-hydrogen) atoms. The Morgan fingerprint density at radius 2 is 2.15 bits per heavy atom. The Bertz CT molecular complexity index is 768. The first-order valence-electron chi connectivity index (χ1n) is 9.08. The van der Waals surface area contributed by atoms with Gasteiger partial charge >= 0.3 is 0 Å². The largest absolute Gasteiger partial charge is 0.364 e. The van der Waals surface area contributed by atoms with Crippen molar-refractivity contribution in [1.82, 2.24) is 15.4 Å². The van der Waals surface area contributed by atoms with Gasteiger partial charge in [-0.1, -0.05) is 18.0 Å². The highest BCUT2D eigenvalue weighted by Gasteiger charge is 2.25. The van der Waals surface area contributed by atoms with E-state index in [1.54, 1.807) is 18.3 Å². The highest BCUT2D eigenvalue weighted by atomic mass is 32.1. The smallest absolute Gasteiger partial charge is 0.259 e. The molecule has 140 valence electrons. The molecule has 2 aromatic rings. The lowest BCUT2D eigenvalue weighted by Crippen LogP contribution is -2.47.